The fourth-order valence-electron chi connectivity index (χ4n) is 4.26. The number of hydrogen-bond acceptors (Lipinski definition) is 8. The first-order valence-electron chi connectivity index (χ1n) is 10.8. The van der Waals surface area contributed by atoms with Gasteiger partial charge >= 0.3 is 6.09 Å². The van der Waals surface area contributed by atoms with Gasteiger partial charge in [-0.3, -0.25) is 5.32 Å². The summed E-state index contributed by atoms with van der Waals surface area (Å²) in [6.45, 7) is 3.12. The number of halogens is 1. The van der Waals surface area contributed by atoms with Gasteiger partial charge in [-0.2, -0.15) is 0 Å². The van der Waals surface area contributed by atoms with Crippen LogP contribution < -0.4 is 21.1 Å². The van der Waals surface area contributed by atoms with E-state index in [2.05, 4.69) is 20.6 Å². The van der Waals surface area contributed by atoms with E-state index < -0.39 is 11.9 Å². The molecule has 1 amide bonds. The quantitative estimate of drug-likeness (QED) is 0.442. The van der Waals surface area contributed by atoms with Gasteiger partial charge in [-0.15, -0.1) is 0 Å². The highest BCUT2D eigenvalue weighted by Crippen LogP contribution is 2.39. The number of rotatable bonds is 4. The average Bonchev–Trinajstić information content (AvgIpc) is 2.79. The third-order valence-electron chi connectivity index (χ3n) is 6.19. The minimum atomic E-state index is -0.626. The number of nitrogens with two attached hydrogens (primary N) is 1. The summed E-state index contributed by atoms with van der Waals surface area (Å²) in [5, 5.41) is 16.0. The van der Waals surface area contributed by atoms with Crippen molar-refractivity contribution in [3.8, 4) is 17.0 Å². The molecule has 0 saturated heterocycles. The van der Waals surface area contributed by atoms with Crippen molar-refractivity contribution in [1.29, 1.82) is 0 Å². The maximum absolute atomic E-state index is 15.2. The van der Waals surface area contributed by atoms with Crippen LogP contribution in [0, 0.1) is 18.7 Å². The molecule has 10 heteroatoms. The Morgan fingerprint density at radius 2 is 2.15 bits per heavy atom. The second kappa shape index (κ2) is 8.36. The highest BCUT2D eigenvalue weighted by molar-refractivity contribution is 5.99. The first-order chi connectivity index (χ1) is 15.9. The summed E-state index contributed by atoms with van der Waals surface area (Å²) in [5.41, 5.74) is 8.49. The number of benzene rings is 1. The highest BCUT2D eigenvalue weighted by atomic mass is 19.1. The predicted octanol–water partition coefficient (Wildman–Crippen LogP) is 3.45. The lowest BCUT2D eigenvalue weighted by molar-refractivity contribution is 0.00336. The Hall–Kier alpha value is -3.66. The zero-order valence-corrected chi connectivity index (χ0v) is 18.0. The van der Waals surface area contributed by atoms with Gasteiger partial charge in [0, 0.05) is 42.1 Å². The van der Waals surface area contributed by atoms with E-state index in [0.29, 0.717) is 53.8 Å². The smallest absolute Gasteiger partial charge is 0.413 e. The van der Waals surface area contributed by atoms with Crippen LogP contribution >= 0.6 is 0 Å². The van der Waals surface area contributed by atoms with E-state index in [0.717, 1.165) is 11.3 Å². The van der Waals surface area contributed by atoms with Crippen molar-refractivity contribution in [1.82, 2.24) is 9.97 Å². The van der Waals surface area contributed by atoms with Gasteiger partial charge < -0.3 is 25.6 Å². The molecule has 5 rings (SSSR count). The largest absolute Gasteiger partial charge is 0.474 e. The number of nitrogen functional groups attached to an aromatic ring is 1. The van der Waals surface area contributed by atoms with Crippen LogP contribution in [0.4, 0.5) is 26.4 Å². The molecule has 9 nitrogen and oxygen atoms in total. The fraction of sp³-hybridized carbons (Fsp3) is 0.348. The van der Waals surface area contributed by atoms with E-state index in [4.69, 9.17) is 20.3 Å². The van der Waals surface area contributed by atoms with E-state index in [1.54, 1.807) is 18.3 Å². The number of carbonyl (C=O) groups is 1. The Labute approximate surface area is 189 Å². The molecule has 5 N–H and O–H groups in total. The number of anilines is 3. The number of nitrogens with zero attached hydrogens (tertiary/aromatic N) is 2. The number of amides is 1. The molecule has 2 aliphatic rings. The molecular formula is C23H24FN5O4. The Bertz CT molecular complexity index is 1250. The Morgan fingerprint density at radius 1 is 1.33 bits per heavy atom. The van der Waals surface area contributed by atoms with Crippen LogP contribution in [0.3, 0.4) is 0 Å². The number of aromatic nitrogens is 2. The molecule has 2 aromatic heterocycles. The maximum atomic E-state index is 15.2. The second-order valence-electron chi connectivity index (χ2n) is 8.37. The zero-order chi connectivity index (χ0) is 23.1. The number of pyridine rings is 2. The molecule has 0 radical (unpaired) electrons. The van der Waals surface area contributed by atoms with Gasteiger partial charge in [0.05, 0.1) is 5.69 Å². The lowest BCUT2D eigenvalue weighted by Crippen LogP contribution is -2.36. The summed E-state index contributed by atoms with van der Waals surface area (Å²) >= 11 is 0. The molecule has 0 spiro atoms. The molecule has 3 aromatic rings. The first-order valence-corrected chi connectivity index (χ1v) is 10.8. The van der Waals surface area contributed by atoms with Crippen molar-refractivity contribution in [2.45, 2.75) is 25.9 Å². The number of nitrogens with one attached hydrogen (secondary N) is 2. The number of ether oxygens (including phenoxy) is 2. The topological polar surface area (TPSA) is 132 Å². The van der Waals surface area contributed by atoms with Gasteiger partial charge in [-0.25, -0.2) is 19.2 Å². The summed E-state index contributed by atoms with van der Waals surface area (Å²) in [7, 11) is 0. The number of aliphatic hydroxyl groups excluding tert-OH is 1. The number of carbonyl (C=O) groups excluding carboxylic acids is 1. The summed E-state index contributed by atoms with van der Waals surface area (Å²) in [6, 6.07) is 3.28. The van der Waals surface area contributed by atoms with Crippen LogP contribution in [0.1, 0.15) is 18.4 Å². The molecule has 1 fully saturated rings. The molecule has 0 unspecified atom stereocenters. The SMILES string of the molecule is Cc1c(-c2cc3cc(NC(=O)OC4CC(CO)C4)ncc3c(N)c2F)cnc2c1NCCO2. The average molecular weight is 453 g/mol. The molecule has 1 aromatic carbocycles. The summed E-state index contributed by atoms with van der Waals surface area (Å²) in [6.07, 6.45) is 3.44. The Balaban J connectivity index is 1.45. The summed E-state index contributed by atoms with van der Waals surface area (Å²) in [5.74, 6) is 0.371. The lowest BCUT2D eigenvalue weighted by Gasteiger charge is -2.33. The van der Waals surface area contributed by atoms with Crippen molar-refractivity contribution >= 4 is 34.1 Å². The molecule has 1 aliphatic heterocycles. The minimum Gasteiger partial charge on any atom is -0.474 e. The van der Waals surface area contributed by atoms with Crippen LogP contribution in [0.2, 0.25) is 0 Å². The normalized spacial score (nSPS) is 19.1. The van der Waals surface area contributed by atoms with Crippen LogP contribution in [0.5, 0.6) is 5.88 Å². The van der Waals surface area contributed by atoms with Crippen molar-refractivity contribution in [3.05, 3.63) is 35.9 Å². The molecule has 33 heavy (non-hydrogen) atoms. The van der Waals surface area contributed by atoms with E-state index in [1.807, 2.05) is 6.92 Å². The maximum Gasteiger partial charge on any atom is 0.413 e. The van der Waals surface area contributed by atoms with Crippen LogP contribution in [0.15, 0.2) is 24.5 Å². The van der Waals surface area contributed by atoms with Gasteiger partial charge in [0.15, 0.2) is 5.82 Å². The number of fused-ring (bicyclic) bond motifs is 2. The van der Waals surface area contributed by atoms with Crippen molar-refractivity contribution in [2.24, 2.45) is 5.92 Å². The van der Waals surface area contributed by atoms with Crippen LogP contribution in [-0.2, 0) is 4.74 Å². The van der Waals surface area contributed by atoms with Crippen molar-refractivity contribution in [3.63, 3.8) is 0 Å². The molecule has 0 bridgehead atoms. The van der Waals surface area contributed by atoms with Crippen molar-refractivity contribution in [2.75, 3.05) is 36.1 Å². The molecule has 0 atom stereocenters. The van der Waals surface area contributed by atoms with E-state index in [9.17, 15) is 4.79 Å². The summed E-state index contributed by atoms with van der Waals surface area (Å²) in [4.78, 5) is 20.7. The molecule has 1 saturated carbocycles. The van der Waals surface area contributed by atoms with E-state index in [-0.39, 0.29) is 30.1 Å². The molecule has 1 aliphatic carbocycles. The van der Waals surface area contributed by atoms with Gasteiger partial charge in [-0.1, -0.05) is 0 Å². The zero-order valence-electron chi connectivity index (χ0n) is 18.0. The van der Waals surface area contributed by atoms with Gasteiger partial charge in [0.25, 0.3) is 0 Å². The third-order valence-corrected chi connectivity index (χ3v) is 6.19. The summed E-state index contributed by atoms with van der Waals surface area (Å²) < 4.78 is 26.1. The van der Waals surface area contributed by atoms with E-state index in [1.165, 1.54) is 6.20 Å². The molecular weight excluding hydrogens is 429 g/mol. The lowest BCUT2D eigenvalue weighted by atomic mass is 9.83. The van der Waals surface area contributed by atoms with Crippen molar-refractivity contribution < 1.29 is 23.8 Å². The van der Waals surface area contributed by atoms with Gasteiger partial charge in [0.1, 0.15) is 24.2 Å². The predicted molar refractivity (Wildman–Crippen MR) is 122 cm³/mol. The standard InChI is InChI=1S/C23H24FN5O4/c1-11-16(8-28-22-21(11)26-2-3-32-22)15-6-13-7-18(27-9-17(13)20(25)19(15)24)29-23(31)33-14-4-12(5-14)10-30/h6-9,12,14,26,30H,2-5,10,25H2,1H3,(H,27,29,31). The Morgan fingerprint density at radius 3 is 2.94 bits per heavy atom. The fourth-order valence-corrected chi connectivity index (χ4v) is 4.26. The monoisotopic (exact) mass is 453 g/mol. The van der Waals surface area contributed by atoms with Crippen LogP contribution in [0.25, 0.3) is 21.9 Å². The number of hydrogen-bond donors (Lipinski definition) is 4. The van der Waals surface area contributed by atoms with Gasteiger partial charge in [0.2, 0.25) is 5.88 Å². The van der Waals surface area contributed by atoms with Crippen LogP contribution in [-0.4, -0.2) is 47.0 Å². The second-order valence-corrected chi connectivity index (χ2v) is 8.37. The molecule has 172 valence electrons. The van der Waals surface area contributed by atoms with Gasteiger partial charge in [-0.05, 0) is 48.8 Å². The third kappa shape index (κ3) is 3.86. The Kier molecular flexibility index (Phi) is 5.37. The molecule has 3 heterocycles. The number of aliphatic hydroxyl groups is 1. The minimum absolute atomic E-state index is 0.0324. The first kappa shape index (κ1) is 21.2. The highest BCUT2D eigenvalue weighted by Gasteiger charge is 2.31. The van der Waals surface area contributed by atoms with E-state index >= 15 is 4.39 Å².